The van der Waals surface area contributed by atoms with E-state index in [0.29, 0.717) is 24.7 Å². The minimum Gasteiger partial charge on any atom is -0.379 e. The third-order valence-electron chi connectivity index (χ3n) is 5.62. The number of amides is 1. The molecule has 0 atom stereocenters. The highest BCUT2D eigenvalue weighted by Gasteiger charge is 2.33. The summed E-state index contributed by atoms with van der Waals surface area (Å²) in [7, 11) is 0. The maximum absolute atomic E-state index is 12.7. The van der Waals surface area contributed by atoms with Crippen molar-refractivity contribution in [3.05, 3.63) is 35.7 Å². The number of nitrogens with zero attached hydrogens (tertiary/aromatic N) is 4. The van der Waals surface area contributed by atoms with Gasteiger partial charge in [0.1, 0.15) is 0 Å². The minimum atomic E-state index is 0.226. The highest BCUT2D eigenvalue weighted by Crippen LogP contribution is 2.31. The number of benzene rings is 1. The summed E-state index contributed by atoms with van der Waals surface area (Å²) in [6.45, 7) is 8.07. The van der Waals surface area contributed by atoms with Crippen LogP contribution in [0.3, 0.4) is 0 Å². The molecule has 1 aromatic carbocycles. The molecule has 0 N–H and O–H groups in total. The fraction of sp³-hybridized carbons (Fsp3) is 0.591. The molecule has 7 nitrogen and oxygen atoms in total. The first-order valence-corrected chi connectivity index (χ1v) is 10.7. The molecule has 1 saturated carbocycles. The van der Waals surface area contributed by atoms with Gasteiger partial charge in [0.2, 0.25) is 17.6 Å². The van der Waals surface area contributed by atoms with E-state index >= 15 is 0 Å². The molecule has 0 spiro atoms. The van der Waals surface area contributed by atoms with Crippen molar-refractivity contribution < 1.29 is 14.1 Å². The van der Waals surface area contributed by atoms with Crippen LogP contribution in [0.4, 0.5) is 0 Å². The van der Waals surface area contributed by atoms with Crippen LogP contribution in [0.5, 0.6) is 0 Å². The predicted molar refractivity (Wildman–Crippen MR) is 109 cm³/mol. The van der Waals surface area contributed by atoms with Crippen LogP contribution in [0.25, 0.3) is 11.4 Å². The van der Waals surface area contributed by atoms with Gasteiger partial charge in [-0.3, -0.25) is 9.69 Å². The van der Waals surface area contributed by atoms with Gasteiger partial charge in [-0.05, 0) is 26.2 Å². The molecule has 1 amide bonds. The third kappa shape index (κ3) is 5.64. The standard InChI is InChI=1S/C22H30N4O3/c1-17-3-5-18(6-4-17)21-23-20(29-24-21)9-12-26(22(27)19-7-8-19)11-2-10-25-13-15-28-16-14-25/h3-6,19H,2,7-16H2,1H3. The summed E-state index contributed by atoms with van der Waals surface area (Å²) in [6.07, 6.45) is 3.62. The van der Waals surface area contributed by atoms with Crippen molar-refractivity contribution in [2.24, 2.45) is 5.92 Å². The van der Waals surface area contributed by atoms with Gasteiger partial charge in [0.15, 0.2) is 0 Å². The normalized spacial score (nSPS) is 17.4. The van der Waals surface area contributed by atoms with Crippen LogP contribution in [0.2, 0.25) is 0 Å². The second-order valence-electron chi connectivity index (χ2n) is 8.03. The summed E-state index contributed by atoms with van der Waals surface area (Å²) in [4.78, 5) is 21.6. The van der Waals surface area contributed by atoms with E-state index in [4.69, 9.17) is 9.26 Å². The Balaban J connectivity index is 1.30. The summed E-state index contributed by atoms with van der Waals surface area (Å²) >= 11 is 0. The van der Waals surface area contributed by atoms with E-state index in [9.17, 15) is 4.79 Å². The molecule has 2 fully saturated rings. The Labute approximate surface area is 172 Å². The predicted octanol–water partition coefficient (Wildman–Crippen LogP) is 2.55. The first-order valence-electron chi connectivity index (χ1n) is 10.7. The van der Waals surface area contributed by atoms with Crippen molar-refractivity contribution in [1.82, 2.24) is 19.9 Å². The van der Waals surface area contributed by atoms with E-state index in [-0.39, 0.29) is 11.8 Å². The molecule has 1 saturated heterocycles. The topological polar surface area (TPSA) is 71.7 Å². The number of aryl methyl sites for hydroxylation is 1. The molecule has 156 valence electrons. The van der Waals surface area contributed by atoms with Crippen LogP contribution in [0, 0.1) is 12.8 Å². The summed E-state index contributed by atoms with van der Waals surface area (Å²) < 4.78 is 10.8. The highest BCUT2D eigenvalue weighted by molar-refractivity contribution is 5.81. The summed E-state index contributed by atoms with van der Waals surface area (Å²) in [6, 6.07) is 8.07. The number of hydrogen-bond donors (Lipinski definition) is 0. The monoisotopic (exact) mass is 398 g/mol. The van der Waals surface area contributed by atoms with Gasteiger partial charge in [-0.1, -0.05) is 35.0 Å². The fourth-order valence-corrected chi connectivity index (χ4v) is 3.64. The first-order chi connectivity index (χ1) is 14.2. The molecule has 0 radical (unpaired) electrons. The van der Waals surface area contributed by atoms with Crippen LogP contribution < -0.4 is 0 Å². The van der Waals surface area contributed by atoms with Crippen LogP contribution >= 0.6 is 0 Å². The second-order valence-corrected chi connectivity index (χ2v) is 8.03. The Morgan fingerprint density at radius 2 is 1.93 bits per heavy atom. The lowest BCUT2D eigenvalue weighted by Crippen LogP contribution is -2.40. The smallest absolute Gasteiger partial charge is 0.228 e. The van der Waals surface area contributed by atoms with Crippen LogP contribution in [0.1, 0.15) is 30.7 Å². The molecule has 1 aromatic heterocycles. The van der Waals surface area contributed by atoms with Gasteiger partial charge in [-0.15, -0.1) is 0 Å². The lowest BCUT2D eigenvalue weighted by molar-refractivity contribution is -0.132. The third-order valence-corrected chi connectivity index (χ3v) is 5.62. The molecule has 1 aliphatic carbocycles. The number of ether oxygens (including phenoxy) is 1. The van der Waals surface area contributed by atoms with Crippen molar-refractivity contribution in [3.63, 3.8) is 0 Å². The fourth-order valence-electron chi connectivity index (χ4n) is 3.64. The summed E-state index contributed by atoms with van der Waals surface area (Å²) in [5.41, 5.74) is 2.14. The van der Waals surface area contributed by atoms with Gasteiger partial charge in [0, 0.05) is 50.6 Å². The SMILES string of the molecule is Cc1ccc(-c2noc(CCN(CCCN3CCOCC3)C(=O)C3CC3)n2)cc1. The van der Waals surface area contributed by atoms with Gasteiger partial charge in [0.25, 0.3) is 0 Å². The lowest BCUT2D eigenvalue weighted by Gasteiger charge is -2.28. The number of morpholine rings is 1. The molecule has 7 heteroatoms. The molecule has 29 heavy (non-hydrogen) atoms. The Morgan fingerprint density at radius 1 is 1.17 bits per heavy atom. The maximum Gasteiger partial charge on any atom is 0.228 e. The van der Waals surface area contributed by atoms with Gasteiger partial charge < -0.3 is 14.2 Å². The van der Waals surface area contributed by atoms with E-state index < -0.39 is 0 Å². The molecule has 2 aliphatic rings. The number of rotatable bonds is 9. The van der Waals surface area contributed by atoms with E-state index in [1.54, 1.807) is 0 Å². The van der Waals surface area contributed by atoms with Crippen LogP contribution in [-0.4, -0.2) is 71.8 Å². The number of aromatic nitrogens is 2. The highest BCUT2D eigenvalue weighted by atomic mass is 16.5. The molecule has 2 heterocycles. The zero-order valence-corrected chi connectivity index (χ0v) is 17.2. The Kier molecular flexibility index (Phi) is 6.56. The minimum absolute atomic E-state index is 0.226. The van der Waals surface area contributed by atoms with Crippen molar-refractivity contribution in [3.8, 4) is 11.4 Å². The maximum atomic E-state index is 12.7. The van der Waals surface area contributed by atoms with Crippen LogP contribution in [0.15, 0.2) is 28.8 Å². The van der Waals surface area contributed by atoms with Crippen molar-refractivity contribution >= 4 is 5.91 Å². The largest absolute Gasteiger partial charge is 0.379 e. The van der Waals surface area contributed by atoms with Gasteiger partial charge in [-0.2, -0.15) is 4.98 Å². The second kappa shape index (κ2) is 9.50. The quantitative estimate of drug-likeness (QED) is 0.646. The van der Waals surface area contributed by atoms with E-state index in [1.165, 1.54) is 5.56 Å². The van der Waals surface area contributed by atoms with E-state index in [1.807, 2.05) is 29.2 Å². The van der Waals surface area contributed by atoms with E-state index in [0.717, 1.165) is 64.2 Å². The Morgan fingerprint density at radius 3 is 2.66 bits per heavy atom. The van der Waals surface area contributed by atoms with Crippen LogP contribution in [-0.2, 0) is 16.0 Å². The van der Waals surface area contributed by atoms with Crippen molar-refractivity contribution in [1.29, 1.82) is 0 Å². The zero-order chi connectivity index (χ0) is 20.1. The number of carbonyl (C=O) groups is 1. The molecule has 1 aliphatic heterocycles. The molecule has 0 unspecified atom stereocenters. The number of hydrogen-bond acceptors (Lipinski definition) is 6. The molecule has 0 bridgehead atoms. The molecule has 2 aromatic rings. The van der Waals surface area contributed by atoms with Gasteiger partial charge in [0.05, 0.1) is 13.2 Å². The molecule has 4 rings (SSSR count). The Hall–Kier alpha value is -2.25. The average Bonchev–Trinajstić information content (AvgIpc) is 3.49. The van der Waals surface area contributed by atoms with Crippen molar-refractivity contribution in [2.45, 2.75) is 32.6 Å². The van der Waals surface area contributed by atoms with Crippen molar-refractivity contribution in [2.75, 3.05) is 45.9 Å². The zero-order valence-electron chi connectivity index (χ0n) is 17.2. The summed E-state index contributed by atoms with van der Waals surface area (Å²) in [5, 5.41) is 4.10. The average molecular weight is 399 g/mol. The molecular formula is C22H30N4O3. The van der Waals surface area contributed by atoms with Gasteiger partial charge >= 0.3 is 0 Å². The molecular weight excluding hydrogens is 368 g/mol. The lowest BCUT2D eigenvalue weighted by atomic mass is 10.1. The van der Waals surface area contributed by atoms with Gasteiger partial charge in [-0.25, -0.2) is 0 Å². The first kappa shape index (κ1) is 20.0. The summed E-state index contributed by atoms with van der Waals surface area (Å²) in [5.74, 6) is 1.70. The number of carbonyl (C=O) groups excluding carboxylic acids is 1. The van der Waals surface area contributed by atoms with E-state index in [2.05, 4.69) is 22.0 Å². The Bertz CT molecular complexity index is 795.